The average molecular weight is 380 g/mol. The summed E-state index contributed by atoms with van der Waals surface area (Å²) >= 11 is 1.16. The van der Waals surface area contributed by atoms with Crippen molar-refractivity contribution in [1.29, 1.82) is 0 Å². The van der Waals surface area contributed by atoms with Crippen molar-refractivity contribution >= 4 is 22.4 Å². The highest BCUT2D eigenvalue weighted by Gasteiger charge is 2.31. The van der Waals surface area contributed by atoms with Crippen molar-refractivity contribution in [3.8, 4) is 11.6 Å². The zero-order chi connectivity index (χ0) is 18.7. The standard InChI is InChI=1S/C17H21FN4O3S/c1-10-6-13(25-12-4-5-15(24-3)19-7-12)8-22(10)9-14-16(18)21-17(26-14)20-11(2)23/h4-5,7,10,13H,6,8-9H2,1-3H3,(H,20,21,23)/t10-,13+/m0/s1. The summed E-state index contributed by atoms with van der Waals surface area (Å²) < 4.78 is 25.0. The van der Waals surface area contributed by atoms with Gasteiger partial charge in [0.15, 0.2) is 5.13 Å². The highest BCUT2D eigenvalue weighted by atomic mass is 32.1. The van der Waals surface area contributed by atoms with E-state index in [0.717, 1.165) is 17.8 Å². The lowest BCUT2D eigenvalue weighted by Crippen LogP contribution is -2.28. The number of rotatable bonds is 6. The van der Waals surface area contributed by atoms with Crippen LogP contribution in [0.2, 0.25) is 0 Å². The third kappa shape index (κ3) is 4.47. The van der Waals surface area contributed by atoms with E-state index in [1.54, 1.807) is 19.4 Å². The van der Waals surface area contributed by atoms with Crippen LogP contribution in [-0.4, -0.2) is 46.6 Å². The van der Waals surface area contributed by atoms with E-state index in [-0.39, 0.29) is 23.2 Å². The average Bonchev–Trinajstić information content (AvgIpc) is 3.10. The van der Waals surface area contributed by atoms with Crippen molar-refractivity contribution in [1.82, 2.24) is 14.9 Å². The number of thiazole rings is 1. The number of methoxy groups -OCH3 is 1. The van der Waals surface area contributed by atoms with Crippen LogP contribution in [0.25, 0.3) is 0 Å². The van der Waals surface area contributed by atoms with Gasteiger partial charge in [0.25, 0.3) is 0 Å². The third-order valence-electron chi connectivity index (χ3n) is 4.17. The quantitative estimate of drug-likeness (QED) is 0.830. The van der Waals surface area contributed by atoms with Gasteiger partial charge in [0.2, 0.25) is 17.7 Å². The van der Waals surface area contributed by atoms with Gasteiger partial charge < -0.3 is 14.8 Å². The molecule has 2 aromatic heterocycles. The van der Waals surface area contributed by atoms with Crippen molar-refractivity contribution in [2.24, 2.45) is 0 Å². The summed E-state index contributed by atoms with van der Waals surface area (Å²) in [5.74, 6) is 0.423. The molecule has 1 fully saturated rings. The number of nitrogens with zero attached hydrogens (tertiary/aromatic N) is 3. The van der Waals surface area contributed by atoms with Crippen LogP contribution < -0.4 is 14.8 Å². The summed E-state index contributed by atoms with van der Waals surface area (Å²) in [6.07, 6.45) is 2.48. The number of nitrogens with one attached hydrogen (secondary N) is 1. The van der Waals surface area contributed by atoms with E-state index in [0.29, 0.717) is 29.6 Å². The number of likely N-dealkylation sites (tertiary alicyclic amines) is 1. The van der Waals surface area contributed by atoms with Gasteiger partial charge in [0, 0.05) is 38.5 Å². The Morgan fingerprint density at radius 2 is 2.31 bits per heavy atom. The molecule has 0 aliphatic carbocycles. The fourth-order valence-electron chi connectivity index (χ4n) is 2.92. The fourth-order valence-corrected chi connectivity index (χ4v) is 3.83. The molecule has 1 N–H and O–H groups in total. The van der Waals surface area contributed by atoms with Crippen LogP contribution in [0.5, 0.6) is 11.6 Å². The van der Waals surface area contributed by atoms with Gasteiger partial charge in [-0.3, -0.25) is 9.69 Å². The molecule has 140 valence electrons. The summed E-state index contributed by atoms with van der Waals surface area (Å²) in [6, 6.07) is 3.82. The maximum atomic E-state index is 14.0. The van der Waals surface area contributed by atoms with Gasteiger partial charge in [-0.15, -0.1) is 0 Å². The lowest BCUT2D eigenvalue weighted by molar-refractivity contribution is -0.114. The topological polar surface area (TPSA) is 76.6 Å². The van der Waals surface area contributed by atoms with E-state index in [4.69, 9.17) is 9.47 Å². The molecule has 1 aliphatic heterocycles. The predicted octanol–water partition coefficient (Wildman–Crippen LogP) is 2.69. The minimum Gasteiger partial charge on any atom is -0.487 e. The smallest absolute Gasteiger partial charge is 0.230 e. The number of amides is 1. The van der Waals surface area contributed by atoms with Gasteiger partial charge in [-0.1, -0.05) is 11.3 Å². The maximum Gasteiger partial charge on any atom is 0.230 e. The summed E-state index contributed by atoms with van der Waals surface area (Å²) in [7, 11) is 1.56. The first-order chi connectivity index (χ1) is 12.4. The van der Waals surface area contributed by atoms with Crippen molar-refractivity contribution in [3.05, 3.63) is 29.2 Å². The molecule has 1 aliphatic rings. The summed E-state index contributed by atoms with van der Waals surface area (Å²) in [4.78, 5) is 21.6. The molecular weight excluding hydrogens is 359 g/mol. The van der Waals surface area contributed by atoms with Crippen molar-refractivity contribution in [2.75, 3.05) is 19.0 Å². The molecule has 1 amide bonds. The summed E-state index contributed by atoms with van der Waals surface area (Å²) in [6.45, 7) is 4.58. The number of hydrogen-bond acceptors (Lipinski definition) is 7. The Morgan fingerprint density at radius 1 is 1.50 bits per heavy atom. The van der Waals surface area contributed by atoms with Crippen LogP contribution in [0.3, 0.4) is 0 Å². The third-order valence-corrected chi connectivity index (χ3v) is 5.10. The van der Waals surface area contributed by atoms with Crippen molar-refractivity contribution in [3.63, 3.8) is 0 Å². The minimum absolute atomic E-state index is 0.00555. The number of carbonyl (C=O) groups is 1. The fraction of sp³-hybridized carbons (Fsp3) is 0.471. The van der Waals surface area contributed by atoms with E-state index in [2.05, 4.69) is 27.1 Å². The Morgan fingerprint density at radius 3 is 2.96 bits per heavy atom. The number of ether oxygens (including phenoxy) is 2. The Labute approximate surface area is 155 Å². The Bertz CT molecular complexity index is 768. The number of carbonyl (C=O) groups excluding carboxylic acids is 1. The highest BCUT2D eigenvalue weighted by molar-refractivity contribution is 7.15. The van der Waals surface area contributed by atoms with E-state index < -0.39 is 5.95 Å². The summed E-state index contributed by atoms with van der Waals surface area (Å²) in [5.41, 5.74) is 0. The molecule has 1 saturated heterocycles. The van der Waals surface area contributed by atoms with Crippen LogP contribution in [0, 0.1) is 5.95 Å². The molecule has 3 heterocycles. The van der Waals surface area contributed by atoms with Gasteiger partial charge in [0.1, 0.15) is 11.9 Å². The Balaban J connectivity index is 1.60. The van der Waals surface area contributed by atoms with Gasteiger partial charge in [-0.2, -0.15) is 9.37 Å². The number of aromatic nitrogens is 2. The molecular formula is C17H21FN4O3S. The van der Waals surface area contributed by atoms with Crippen LogP contribution in [0.15, 0.2) is 18.3 Å². The largest absolute Gasteiger partial charge is 0.487 e. The normalized spacial score (nSPS) is 20.2. The monoisotopic (exact) mass is 380 g/mol. The molecule has 26 heavy (non-hydrogen) atoms. The highest BCUT2D eigenvalue weighted by Crippen LogP contribution is 2.28. The van der Waals surface area contributed by atoms with Gasteiger partial charge in [-0.05, 0) is 13.0 Å². The SMILES string of the molecule is COc1ccc(O[C@@H]2C[C@H](C)N(Cc3sc(NC(C)=O)nc3F)C2)cn1. The van der Waals surface area contributed by atoms with Crippen LogP contribution >= 0.6 is 11.3 Å². The number of anilines is 1. The maximum absolute atomic E-state index is 14.0. The zero-order valence-corrected chi connectivity index (χ0v) is 15.7. The van der Waals surface area contributed by atoms with E-state index in [1.807, 2.05) is 6.07 Å². The van der Waals surface area contributed by atoms with Gasteiger partial charge >= 0.3 is 0 Å². The Hall–Kier alpha value is -2.26. The van der Waals surface area contributed by atoms with Crippen molar-refractivity contribution in [2.45, 2.75) is 39.0 Å². The molecule has 0 radical (unpaired) electrons. The molecule has 0 bridgehead atoms. The number of pyridine rings is 1. The summed E-state index contributed by atoms with van der Waals surface area (Å²) in [5, 5.41) is 2.81. The Kier molecular flexibility index (Phi) is 5.67. The first-order valence-electron chi connectivity index (χ1n) is 8.28. The predicted molar refractivity (Wildman–Crippen MR) is 96.1 cm³/mol. The van der Waals surface area contributed by atoms with E-state index in [1.165, 1.54) is 6.92 Å². The molecule has 2 aromatic rings. The van der Waals surface area contributed by atoms with Gasteiger partial charge in [-0.25, -0.2) is 4.98 Å². The van der Waals surface area contributed by atoms with E-state index >= 15 is 0 Å². The molecule has 0 saturated carbocycles. The van der Waals surface area contributed by atoms with Crippen LogP contribution in [-0.2, 0) is 11.3 Å². The van der Waals surface area contributed by atoms with Crippen LogP contribution in [0.4, 0.5) is 9.52 Å². The minimum atomic E-state index is -0.533. The number of halogens is 1. The lowest BCUT2D eigenvalue weighted by atomic mass is 10.2. The molecule has 7 nitrogen and oxygen atoms in total. The molecule has 0 unspecified atom stereocenters. The molecule has 3 rings (SSSR count). The molecule has 2 atom stereocenters. The lowest BCUT2D eigenvalue weighted by Gasteiger charge is -2.19. The first kappa shape index (κ1) is 18.5. The zero-order valence-electron chi connectivity index (χ0n) is 14.9. The van der Waals surface area contributed by atoms with Crippen LogP contribution in [0.1, 0.15) is 25.1 Å². The molecule has 0 aromatic carbocycles. The number of hydrogen-bond donors (Lipinski definition) is 1. The second-order valence-corrected chi connectivity index (χ2v) is 7.29. The molecule has 0 spiro atoms. The van der Waals surface area contributed by atoms with E-state index in [9.17, 15) is 9.18 Å². The second-order valence-electron chi connectivity index (χ2n) is 6.20. The first-order valence-corrected chi connectivity index (χ1v) is 9.09. The van der Waals surface area contributed by atoms with Crippen molar-refractivity contribution < 1.29 is 18.7 Å². The second kappa shape index (κ2) is 7.96. The molecule has 9 heteroatoms. The van der Waals surface area contributed by atoms with Gasteiger partial charge in [0.05, 0.1) is 18.2 Å².